The lowest BCUT2D eigenvalue weighted by Gasteiger charge is -2.24. The van der Waals surface area contributed by atoms with E-state index in [9.17, 15) is 5.11 Å². The summed E-state index contributed by atoms with van der Waals surface area (Å²) in [6.07, 6.45) is -0.243. The normalized spacial score (nSPS) is 28.9. The molecule has 3 N–H and O–H groups in total. The summed E-state index contributed by atoms with van der Waals surface area (Å²) >= 11 is 0. The number of fused-ring (bicyclic) bond motifs is 2. The Hall–Kier alpha value is -2.03. The van der Waals surface area contributed by atoms with E-state index in [4.69, 9.17) is 19.9 Å². The fraction of sp³-hybridized carbons (Fsp3) is 0.611. The third-order valence-corrected chi connectivity index (χ3v) is 5.45. The van der Waals surface area contributed by atoms with Crippen molar-refractivity contribution in [1.82, 2.24) is 19.5 Å². The molecule has 4 heterocycles. The van der Waals surface area contributed by atoms with Crippen molar-refractivity contribution >= 4 is 25.1 Å². The van der Waals surface area contributed by atoms with Gasteiger partial charge in [-0.25, -0.2) is 15.0 Å². The highest BCUT2D eigenvalue weighted by Crippen LogP contribution is 2.43. The highest BCUT2D eigenvalue weighted by Gasteiger charge is 2.56. The molecule has 2 aromatic heterocycles. The molecule has 10 heteroatoms. The van der Waals surface area contributed by atoms with Gasteiger partial charge in [0, 0.05) is 0 Å². The summed E-state index contributed by atoms with van der Waals surface area (Å²) in [6.45, 7) is 9.94. The second-order valence-corrected chi connectivity index (χ2v) is 13.3. The fourth-order valence-corrected chi connectivity index (χ4v) is 3.94. The number of nitrogens with zero attached hydrogens (tertiary/aromatic N) is 4. The molecule has 0 aromatic carbocycles. The van der Waals surface area contributed by atoms with Crippen LogP contribution in [0.15, 0.2) is 6.33 Å². The van der Waals surface area contributed by atoms with Gasteiger partial charge >= 0.3 is 0 Å². The molecule has 4 atom stereocenters. The van der Waals surface area contributed by atoms with Gasteiger partial charge in [0.15, 0.2) is 23.5 Å². The number of hydrogen-bond donors (Lipinski definition) is 2. The van der Waals surface area contributed by atoms with Gasteiger partial charge in [0.25, 0.3) is 0 Å². The highest BCUT2D eigenvalue weighted by molar-refractivity contribution is 6.83. The van der Waals surface area contributed by atoms with E-state index in [0.717, 1.165) is 0 Å². The third-order valence-electron chi connectivity index (χ3n) is 4.58. The van der Waals surface area contributed by atoms with E-state index in [2.05, 4.69) is 46.1 Å². The molecule has 2 saturated heterocycles. The minimum absolute atomic E-state index is 0.173. The van der Waals surface area contributed by atoms with E-state index in [1.165, 1.54) is 0 Å². The maximum absolute atomic E-state index is 9.70. The Bertz CT molecular complexity index is 974. The van der Waals surface area contributed by atoms with Gasteiger partial charge in [0.1, 0.15) is 31.9 Å². The van der Waals surface area contributed by atoms with Gasteiger partial charge in [-0.15, -0.1) is 5.54 Å². The van der Waals surface area contributed by atoms with Crippen molar-refractivity contribution < 1.29 is 19.3 Å². The molecule has 2 aromatic rings. The molecule has 0 aliphatic carbocycles. The summed E-state index contributed by atoms with van der Waals surface area (Å²) in [7, 11) is -1.59. The van der Waals surface area contributed by atoms with Crippen LogP contribution in [0.2, 0.25) is 19.6 Å². The quantitative estimate of drug-likeness (QED) is 0.564. The molecule has 0 bridgehead atoms. The number of aliphatic hydroxyl groups is 1. The van der Waals surface area contributed by atoms with Crippen LogP contribution in [0.25, 0.3) is 11.2 Å². The Labute approximate surface area is 164 Å². The van der Waals surface area contributed by atoms with Crippen molar-refractivity contribution in [3.63, 3.8) is 0 Å². The zero-order valence-corrected chi connectivity index (χ0v) is 17.6. The predicted molar refractivity (Wildman–Crippen MR) is 105 cm³/mol. The number of aromatic nitrogens is 4. The number of nitrogen functional groups attached to an aromatic ring is 1. The lowest BCUT2D eigenvalue weighted by Crippen LogP contribution is -2.31. The second-order valence-electron chi connectivity index (χ2n) is 8.57. The molecule has 0 unspecified atom stereocenters. The van der Waals surface area contributed by atoms with E-state index >= 15 is 0 Å². The van der Waals surface area contributed by atoms with Gasteiger partial charge in [-0.3, -0.25) is 4.57 Å². The maximum Gasteiger partial charge on any atom is 0.208 e. The summed E-state index contributed by atoms with van der Waals surface area (Å²) in [5.41, 5.74) is 10.3. The molecule has 2 fully saturated rings. The second kappa shape index (κ2) is 6.50. The molecule has 4 rings (SSSR count). The highest BCUT2D eigenvalue weighted by atomic mass is 28.3. The number of imidazole rings is 1. The summed E-state index contributed by atoms with van der Waals surface area (Å²) in [5.74, 6) is 2.89. The van der Waals surface area contributed by atoms with Crippen LogP contribution in [0.1, 0.15) is 25.9 Å². The van der Waals surface area contributed by atoms with Gasteiger partial charge in [-0.2, -0.15) is 0 Å². The summed E-state index contributed by atoms with van der Waals surface area (Å²) in [6, 6.07) is 0. The minimum Gasteiger partial charge on any atom is -0.394 e. The minimum atomic E-state index is -1.59. The average molecular weight is 404 g/mol. The molecule has 0 saturated carbocycles. The van der Waals surface area contributed by atoms with E-state index in [-0.39, 0.29) is 18.5 Å². The van der Waals surface area contributed by atoms with E-state index in [1.807, 2.05) is 13.8 Å². The maximum atomic E-state index is 9.70. The molecule has 2 aliphatic rings. The number of aliphatic hydroxyl groups excluding tert-OH is 1. The molecule has 0 radical (unpaired) electrons. The van der Waals surface area contributed by atoms with Crippen LogP contribution in [-0.2, 0) is 14.2 Å². The fourth-order valence-electron chi connectivity index (χ4n) is 3.45. The zero-order chi connectivity index (χ0) is 20.3. The van der Waals surface area contributed by atoms with E-state index in [1.54, 1.807) is 10.9 Å². The largest absolute Gasteiger partial charge is 0.394 e. The summed E-state index contributed by atoms with van der Waals surface area (Å²) in [5, 5.41) is 9.70. The number of ether oxygens (including phenoxy) is 3. The van der Waals surface area contributed by atoms with Crippen LogP contribution in [0, 0.1) is 11.5 Å². The Kier molecular flexibility index (Phi) is 4.48. The number of hydrogen-bond acceptors (Lipinski definition) is 8. The first-order valence-electron chi connectivity index (χ1n) is 9.23. The van der Waals surface area contributed by atoms with Crippen molar-refractivity contribution in [2.45, 2.75) is 63.8 Å². The van der Waals surface area contributed by atoms with Crippen LogP contribution in [0.5, 0.6) is 0 Å². The third kappa shape index (κ3) is 3.40. The van der Waals surface area contributed by atoms with Gasteiger partial charge < -0.3 is 25.1 Å². The first kappa shape index (κ1) is 19.3. The topological polar surface area (TPSA) is 118 Å². The standard InChI is InChI=1S/C18H25N5O4Si/c1-18(2)26-13-10(8-24)25-17(14(13)27-18)23-9-20-12-15(19)21-11(22-16(12)23)6-7-28(3,4)5/h9-10,13-14,17,24H,8H2,1-5H3,(H2,19,21,22)/t10-,13-,14-,17-/m1/s1. The Morgan fingerprint density at radius 1 is 1.25 bits per heavy atom. The van der Waals surface area contributed by atoms with Crippen LogP contribution < -0.4 is 5.73 Å². The van der Waals surface area contributed by atoms with E-state index in [0.29, 0.717) is 17.0 Å². The Morgan fingerprint density at radius 3 is 2.64 bits per heavy atom. The van der Waals surface area contributed by atoms with Crippen LogP contribution in [0.4, 0.5) is 5.82 Å². The smallest absolute Gasteiger partial charge is 0.208 e. The van der Waals surface area contributed by atoms with E-state index < -0.39 is 32.3 Å². The molecule has 0 amide bonds. The molecule has 0 spiro atoms. The molecular weight excluding hydrogens is 378 g/mol. The van der Waals surface area contributed by atoms with Gasteiger partial charge in [-0.05, 0) is 19.8 Å². The van der Waals surface area contributed by atoms with Crippen LogP contribution in [-0.4, -0.2) is 63.4 Å². The lowest BCUT2D eigenvalue weighted by atomic mass is 10.1. The monoisotopic (exact) mass is 403 g/mol. The number of anilines is 1. The first-order chi connectivity index (χ1) is 13.1. The SMILES string of the molecule is CC1(C)O[C@@H]2[C@H](O1)[C@@H](CO)O[C@H]2n1cnc2c(N)nc(C#C[Si](C)(C)C)nc21. The summed E-state index contributed by atoms with van der Waals surface area (Å²) < 4.78 is 19.7. The van der Waals surface area contributed by atoms with Crippen LogP contribution in [0.3, 0.4) is 0 Å². The number of rotatable bonds is 2. The van der Waals surface area contributed by atoms with Crippen molar-refractivity contribution in [3.05, 3.63) is 12.2 Å². The Morgan fingerprint density at radius 2 is 1.96 bits per heavy atom. The van der Waals surface area contributed by atoms with Gasteiger partial charge in [-0.1, -0.05) is 19.6 Å². The summed E-state index contributed by atoms with van der Waals surface area (Å²) in [4.78, 5) is 13.2. The first-order valence-corrected chi connectivity index (χ1v) is 12.7. The van der Waals surface area contributed by atoms with Crippen molar-refractivity contribution in [3.8, 4) is 11.5 Å². The van der Waals surface area contributed by atoms with Gasteiger partial charge in [0.2, 0.25) is 5.82 Å². The molecule has 9 nitrogen and oxygen atoms in total. The molecule has 28 heavy (non-hydrogen) atoms. The van der Waals surface area contributed by atoms with Crippen molar-refractivity contribution in [2.24, 2.45) is 0 Å². The average Bonchev–Trinajstić information content (AvgIpc) is 3.23. The van der Waals surface area contributed by atoms with Crippen LogP contribution >= 0.6 is 0 Å². The van der Waals surface area contributed by atoms with Crippen molar-refractivity contribution in [1.29, 1.82) is 0 Å². The molecule has 2 aliphatic heterocycles. The molecule has 150 valence electrons. The zero-order valence-electron chi connectivity index (χ0n) is 16.6. The van der Waals surface area contributed by atoms with Gasteiger partial charge in [0.05, 0.1) is 12.9 Å². The lowest BCUT2D eigenvalue weighted by molar-refractivity contribution is -0.199. The molecular formula is C18H25N5O4Si. The van der Waals surface area contributed by atoms with Crippen molar-refractivity contribution in [2.75, 3.05) is 12.3 Å². The predicted octanol–water partition coefficient (Wildman–Crippen LogP) is 1.05. The Balaban J connectivity index is 1.76. The number of nitrogens with two attached hydrogens (primary N) is 1.